The van der Waals surface area contributed by atoms with Crippen molar-refractivity contribution in [3.05, 3.63) is 58.1 Å². The maximum absolute atomic E-state index is 10.6. The Labute approximate surface area is 428 Å². The van der Waals surface area contributed by atoms with Crippen LogP contribution in [0.1, 0.15) is 223 Å². The Kier molecular flexibility index (Phi) is 124. The summed E-state index contributed by atoms with van der Waals surface area (Å²) in [5, 5.41) is 20.8. The molecule has 0 N–H and O–H groups in total. The molecular formula is C51H120N12O2S2. The van der Waals surface area contributed by atoms with Crippen LogP contribution in [0.5, 0.6) is 0 Å². The van der Waals surface area contributed by atoms with Gasteiger partial charge in [-0.1, -0.05) is 223 Å². The number of dihydropyridines is 1. The number of tetrazole rings is 1. The number of hydrogen-bond donors (Lipinski definition) is 0. The Balaban J connectivity index is -0.0000000380. The molecule has 0 fully saturated rings. The smallest absolute Gasteiger partial charge is 0.285 e. The lowest BCUT2D eigenvalue weighted by molar-refractivity contribution is -0.117. The number of aliphatic imine (C=N–C) groups is 1. The number of amides is 1. The highest BCUT2D eigenvalue weighted by Crippen LogP contribution is 2.08. The lowest BCUT2D eigenvalue weighted by Gasteiger charge is -2.05. The first-order valence-electron chi connectivity index (χ1n) is 22.5. The molecule has 1 amide bonds. The molecule has 0 aromatic carbocycles. The molecule has 14 nitrogen and oxygen atoms in total. The van der Waals surface area contributed by atoms with E-state index in [0.29, 0.717) is 17.3 Å². The quantitative estimate of drug-likeness (QED) is 0.166. The summed E-state index contributed by atoms with van der Waals surface area (Å²) in [6.07, 6.45) is 10.0. The minimum atomic E-state index is -0.0926. The van der Waals surface area contributed by atoms with E-state index < -0.39 is 0 Å². The second-order valence-electron chi connectivity index (χ2n) is 16.3. The van der Waals surface area contributed by atoms with Crippen molar-refractivity contribution >= 4 is 35.0 Å². The first-order valence-corrected chi connectivity index (χ1v) is 24.3. The van der Waals surface area contributed by atoms with Crippen molar-refractivity contribution in [2.75, 3.05) is 0 Å². The molecule has 5 heterocycles. The molecule has 408 valence electrons. The van der Waals surface area contributed by atoms with Crippen LogP contribution in [0.15, 0.2) is 57.5 Å². The van der Waals surface area contributed by atoms with Crippen LogP contribution in [-0.4, -0.2) is 66.2 Å². The zero-order chi connectivity index (χ0) is 52.5. The van der Waals surface area contributed by atoms with E-state index in [-0.39, 0.29) is 41.3 Å². The molecule has 0 bridgehead atoms. The lowest BCUT2D eigenvalue weighted by Crippen LogP contribution is -2.19. The van der Waals surface area contributed by atoms with E-state index in [9.17, 15) is 9.59 Å². The van der Waals surface area contributed by atoms with Crippen LogP contribution in [0.2, 0.25) is 0 Å². The molecule has 16 heteroatoms. The molecule has 1 aliphatic heterocycles. The van der Waals surface area contributed by atoms with Crippen LogP contribution >= 0.6 is 22.9 Å². The highest BCUT2D eigenvalue weighted by Gasteiger charge is 1.96. The van der Waals surface area contributed by atoms with Crippen molar-refractivity contribution in [1.29, 1.82) is 0 Å². The van der Waals surface area contributed by atoms with Crippen LogP contribution in [-0.2, 0) is 25.9 Å². The first-order chi connectivity index (χ1) is 29.2. The van der Waals surface area contributed by atoms with E-state index in [0.717, 1.165) is 17.8 Å². The van der Waals surface area contributed by atoms with Crippen molar-refractivity contribution in [1.82, 2.24) is 54.1 Å². The summed E-state index contributed by atoms with van der Waals surface area (Å²) in [6.45, 7) is 57.0. The van der Waals surface area contributed by atoms with Crippen LogP contribution in [0.25, 0.3) is 0 Å². The number of nitrogens with zero attached hydrogens (tertiary/aromatic N) is 12. The van der Waals surface area contributed by atoms with E-state index >= 15 is 0 Å². The van der Waals surface area contributed by atoms with Gasteiger partial charge in [-0.25, -0.2) is 24.1 Å². The number of aryl methyl sites for hydroxylation is 3. The normalized spacial score (nSPS) is 8.88. The van der Waals surface area contributed by atoms with Crippen LogP contribution in [0.3, 0.4) is 0 Å². The summed E-state index contributed by atoms with van der Waals surface area (Å²) in [4.78, 5) is 28.0. The van der Waals surface area contributed by atoms with Gasteiger partial charge < -0.3 is 0 Å². The fourth-order valence-corrected chi connectivity index (χ4v) is 1.91. The van der Waals surface area contributed by atoms with E-state index in [2.05, 4.69) is 163 Å². The number of allylic oxidation sites excluding steroid dienone is 1. The molecule has 0 saturated heterocycles. The topological polar surface area (TPSA) is 164 Å². The zero-order valence-electron chi connectivity index (χ0n) is 46.6. The van der Waals surface area contributed by atoms with Gasteiger partial charge in [0.25, 0.3) is 0 Å². The van der Waals surface area contributed by atoms with Crippen LogP contribution < -0.4 is 5.69 Å². The van der Waals surface area contributed by atoms with Gasteiger partial charge >= 0.3 is 5.69 Å². The fourth-order valence-electron chi connectivity index (χ4n) is 1.37. The zero-order valence-corrected chi connectivity index (χ0v) is 48.3. The second-order valence-corrected chi connectivity index (χ2v) is 17.6. The molecule has 0 saturated carbocycles. The molecule has 0 unspecified atom stereocenters. The van der Waals surface area contributed by atoms with Gasteiger partial charge in [-0.2, -0.15) is 9.47 Å². The highest BCUT2D eigenvalue weighted by molar-refractivity contribution is 7.07. The molecule has 4 aromatic rings. The van der Waals surface area contributed by atoms with Crippen LogP contribution in [0, 0.1) is 28.6 Å². The Bertz CT molecular complexity index is 1240. The summed E-state index contributed by atoms with van der Waals surface area (Å²) in [5.41, 5.74) is 5.95. The molecule has 0 aliphatic carbocycles. The summed E-state index contributed by atoms with van der Waals surface area (Å²) in [6, 6.07) is 0. The molecule has 4 aromatic heterocycles. The van der Waals surface area contributed by atoms with Gasteiger partial charge in [0, 0.05) is 33.8 Å². The van der Waals surface area contributed by atoms with Gasteiger partial charge in [0.05, 0.1) is 0 Å². The van der Waals surface area contributed by atoms with Crippen molar-refractivity contribution in [2.24, 2.45) is 54.7 Å². The predicted molar refractivity (Wildman–Crippen MR) is 310 cm³/mol. The maximum Gasteiger partial charge on any atom is 0.345 e. The van der Waals surface area contributed by atoms with E-state index in [1.807, 2.05) is 69.2 Å². The van der Waals surface area contributed by atoms with Gasteiger partial charge in [0.15, 0.2) is 0 Å². The third-order valence-corrected chi connectivity index (χ3v) is 3.59. The number of hydrogen-bond acceptors (Lipinski definition) is 12. The monoisotopic (exact) mass is 997 g/mol. The molecule has 5 rings (SSSR count). The third kappa shape index (κ3) is 193. The van der Waals surface area contributed by atoms with Crippen molar-refractivity contribution in [2.45, 2.75) is 223 Å². The molecule has 1 aliphatic rings. The largest absolute Gasteiger partial charge is 0.345 e. The Morgan fingerprint density at radius 3 is 1.03 bits per heavy atom. The molecule has 0 atom stereocenters. The van der Waals surface area contributed by atoms with E-state index in [1.54, 1.807) is 49.8 Å². The lowest BCUT2D eigenvalue weighted by atomic mass is 10.0. The molecule has 0 spiro atoms. The minimum absolute atomic E-state index is 0. The van der Waals surface area contributed by atoms with Crippen molar-refractivity contribution < 1.29 is 4.79 Å². The van der Waals surface area contributed by atoms with E-state index in [4.69, 9.17) is 0 Å². The summed E-state index contributed by atoms with van der Waals surface area (Å²) < 4.78 is 7.87. The maximum atomic E-state index is 10.6. The summed E-state index contributed by atoms with van der Waals surface area (Å²) >= 11 is 2.84. The SMILES string of the molecule is C.C.C.C.CC.CC.CC.CC.CC.CC(C)(C)C.CC(C)(C)C.CC(C)C.CC(C)C.CC(C)C.Cn1cnn(C)c1=O.Cn1cnnn1.O=C1CC=CC=N1.c1ncsn1.c1nncs1. The van der Waals surface area contributed by atoms with Gasteiger partial charge in [0.1, 0.15) is 35.5 Å². The Morgan fingerprint density at radius 2 is 0.940 bits per heavy atom. The number of rotatable bonds is 0. The summed E-state index contributed by atoms with van der Waals surface area (Å²) in [5.74, 6) is 2.45. The molecular weight excluding hydrogens is 877 g/mol. The average Bonchev–Trinajstić information content (AvgIpc) is 4.06. The number of carbonyl (C=O) groups is 1. The Morgan fingerprint density at radius 1 is 0.582 bits per heavy atom. The second kappa shape index (κ2) is 82.3. The van der Waals surface area contributed by atoms with Crippen LogP contribution in [0.4, 0.5) is 0 Å². The number of aromatic nitrogens is 11. The van der Waals surface area contributed by atoms with Gasteiger partial charge in [-0.05, 0) is 56.6 Å². The average molecular weight is 998 g/mol. The minimum Gasteiger partial charge on any atom is -0.285 e. The Hall–Kier alpha value is -3.79. The standard InChI is InChI=1S/C5H5NO.2C5H12.C4H7N3O.3C4H10.C2H4N4.2C2H2N2S.5C2H6.4CH4/c7-5-3-1-2-4-6-5;2*1-5(2,3)4;1-6-3-5-7(2)4(6)8;3*1-4(2)3;1-6-2-3-4-5-6;1-3-4-2-5-1;1-3-2-5-4-1;5*1-2;;;;/h1-2,4H,3H2;2*1-4H3;3H,1-2H3;3*4H,1-3H3;2H,1H3;2*1-2H;5*1-2H3;4*1H4. The van der Waals surface area contributed by atoms with Crippen molar-refractivity contribution in [3.8, 4) is 0 Å². The summed E-state index contributed by atoms with van der Waals surface area (Å²) in [7, 11) is 5.04. The number of carbonyl (C=O) groups excluding carboxylic acids is 1. The van der Waals surface area contributed by atoms with Gasteiger partial charge in [-0.15, -0.1) is 26.6 Å². The first kappa shape index (κ1) is 101. The van der Waals surface area contributed by atoms with E-state index in [1.165, 1.54) is 62.0 Å². The highest BCUT2D eigenvalue weighted by atomic mass is 32.1. The van der Waals surface area contributed by atoms with Gasteiger partial charge in [-0.3, -0.25) is 9.36 Å². The molecule has 0 radical (unpaired) electrons. The van der Waals surface area contributed by atoms with Crippen molar-refractivity contribution in [3.63, 3.8) is 0 Å². The predicted octanol–water partition coefficient (Wildman–Crippen LogP) is 16.7. The van der Waals surface area contributed by atoms with Gasteiger partial charge in [0.2, 0.25) is 5.91 Å². The fraction of sp³-hybridized carbons (Fsp3) is 0.784. The molecule has 67 heavy (non-hydrogen) atoms. The third-order valence-electron chi connectivity index (χ3n) is 2.73.